The Morgan fingerprint density at radius 3 is 3.00 bits per heavy atom. The van der Waals surface area contributed by atoms with Gasteiger partial charge >= 0.3 is 6.21 Å². The molecule has 72 valence electrons. The maximum Gasteiger partial charge on any atom is 0.323 e. The van der Waals surface area contributed by atoms with Crippen LogP contribution in [0.15, 0.2) is 12.7 Å². The van der Waals surface area contributed by atoms with E-state index in [1.165, 1.54) is 0 Å². The van der Waals surface area contributed by atoms with Gasteiger partial charge in [0.05, 0.1) is 12.7 Å². The van der Waals surface area contributed by atoms with E-state index in [1.54, 1.807) is 6.08 Å². The Morgan fingerprint density at radius 2 is 2.46 bits per heavy atom. The normalized spacial score (nSPS) is 11.5. The first-order chi connectivity index (χ1) is 6.20. The minimum Gasteiger partial charge on any atom is -0.374 e. The second kappa shape index (κ2) is 7.40. The van der Waals surface area contributed by atoms with Crippen LogP contribution in [-0.4, -0.2) is 29.5 Å². The van der Waals surface area contributed by atoms with E-state index in [0.717, 1.165) is 6.21 Å². The van der Waals surface area contributed by atoms with Gasteiger partial charge in [-0.1, -0.05) is 6.08 Å². The van der Waals surface area contributed by atoms with Crippen LogP contribution in [-0.2, 0) is 9.53 Å². The van der Waals surface area contributed by atoms with Gasteiger partial charge in [-0.15, -0.1) is 6.58 Å². The van der Waals surface area contributed by atoms with Gasteiger partial charge < -0.3 is 10.3 Å². The lowest BCUT2D eigenvalue weighted by Crippen LogP contribution is -2.11. The molecule has 0 aromatic rings. The average Bonchev–Trinajstić information content (AvgIpc) is 2.12. The van der Waals surface area contributed by atoms with Crippen molar-refractivity contribution in [2.45, 2.75) is 25.9 Å². The Hall–Kier alpha value is -1.25. The molecule has 0 radical (unpaired) electrons. The van der Waals surface area contributed by atoms with Gasteiger partial charge in [-0.3, -0.25) is 4.79 Å². The second-order valence-electron chi connectivity index (χ2n) is 2.68. The minimum absolute atomic E-state index is 0.0223. The van der Waals surface area contributed by atoms with Crippen LogP contribution < -0.4 is 0 Å². The van der Waals surface area contributed by atoms with Crippen LogP contribution >= 0.6 is 0 Å². The molecule has 4 heteroatoms. The molecule has 0 aromatic carbocycles. The summed E-state index contributed by atoms with van der Waals surface area (Å²) in [7, 11) is 0. The summed E-state index contributed by atoms with van der Waals surface area (Å²) >= 11 is 0. The summed E-state index contributed by atoms with van der Waals surface area (Å²) < 4.78 is 5.24. The Bertz CT molecular complexity index is 220. The molecular formula is C9H14N2O2. The molecule has 0 bridgehead atoms. The van der Waals surface area contributed by atoms with Crippen molar-refractivity contribution in [1.29, 1.82) is 0 Å². The standard InChI is InChI=1S/C9H14N2O2/c1-3-6-13-8(2)4-5-9(12)7-11-10/h3,7-8H,1,4-6H2,2H3. The number of nitrogens with zero attached hydrogens (tertiary/aromatic N) is 2. The van der Waals surface area contributed by atoms with Gasteiger partial charge in [0.1, 0.15) is 0 Å². The van der Waals surface area contributed by atoms with Crippen LogP contribution in [0, 0.1) is 0 Å². The fraction of sp³-hybridized carbons (Fsp3) is 0.556. The summed E-state index contributed by atoms with van der Waals surface area (Å²) in [5.41, 5.74) is 8.05. The van der Waals surface area contributed by atoms with Crippen LogP contribution in [0.5, 0.6) is 0 Å². The number of hydrogen-bond donors (Lipinski definition) is 0. The summed E-state index contributed by atoms with van der Waals surface area (Å²) in [4.78, 5) is 13.5. The van der Waals surface area contributed by atoms with E-state index in [1.807, 2.05) is 6.92 Å². The van der Waals surface area contributed by atoms with Gasteiger partial charge in [0.25, 0.3) is 0 Å². The molecule has 13 heavy (non-hydrogen) atoms. The third-order valence-corrected chi connectivity index (χ3v) is 1.50. The van der Waals surface area contributed by atoms with E-state index in [9.17, 15) is 4.79 Å². The SMILES string of the molecule is C=CCOC(C)CCC(=O)C=[N+]=[N-]. The molecule has 1 atom stereocenters. The zero-order valence-electron chi connectivity index (χ0n) is 7.77. The summed E-state index contributed by atoms with van der Waals surface area (Å²) in [6, 6.07) is 0. The first-order valence-electron chi connectivity index (χ1n) is 4.13. The van der Waals surface area contributed by atoms with E-state index >= 15 is 0 Å². The first-order valence-corrected chi connectivity index (χ1v) is 4.13. The Morgan fingerprint density at radius 1 is 1.77 bits per heavy atom. The van der Waals surface area contributed by atoms with Crippen molar-refractivity contribution in [3.8, 4) is 0 Å². The predicted molar refractivity (Wildman–Crippen MR) is 49.5 cm³/mol. The molecule has 0 spiro atoms. The quantitative estimate of drug-likeness (QED) is 0.257. The van der Waals surface area contributed by atoms with Crippen molar-refractivity contribution in [2.24, 2.45) is 0 Å². The molecule has 0 saturated heterocycles. The van der Waals surface area contributed by atoms with E-state index in [0.29, 0.717) is 19.4 Å². The zero-order valence-corrected chi connectivity index (χ0v) is 7.77. The number of carbonyl (C=O) groups is 1. The molecule has 0 aliphatic carbocycles. The third kappa shape index (κ3) is 7.12. The minimum atomic E-state index is -0.198. The van der Waals surface area contributed by atoms with Gasteiger partial charge in [0.15, 0.2) is 0 Å². The van der Waals surface area contributed by atoms with E-state index in [4.69, 9.17) is 10.3 Å². The number of carbonyl (C=O) groups excluding carboxylic acids is 1. The number of Topliss-reactive ketones (excluding diaryl/α,β-unsaturated/α-hetero) is 1. The maximum atomic E-state index is 10.8. The lowest BCUT2D eigenvalue weighted by molar-refractivity contribution is -0.116. The van der Waals surface area contributed by atoms with E-state index in [2.05, 4.69) is 11.4 Å². The number of ether oxygens (including phenoxy) is 1. The lowest BCUT2D eigenvalue weighted by atomic mass is 10.2. The molecule has 0 fully saturated rings. The highest BCUT2D eigenvalue weighted by molar-refractivity contribution is 6.25. The van der Waals surface area contributed by atoms with Crippen LogP contribution in [0.25, 0.3) is 5.53 Å². The zero-order chi connectivity index (χ0) is 10.1. The first kappa shape index (κ1) is 11.8. The summed E-state index contributed by atoms with van der Waals surface area (Å²) in [5, 5.41) is 0. The number of ketones is 1. The van der Waals surface area contributed by atoms with Crippen LogP contribution in [0.3, 0.4) is 0 Å². The summed E-state index contributed by atoms with van der Waals surface area (Å²) in [5.74, 6) is -0.198. The lowest BCUT2D eigenvalue weighted by Gasteiger charge is -2.08. The van der Waals surface area contributed by atoms with Gasteiger partial charge in [0.2, 0.25) is 5.78 Å². The molecule has 1 unspecified atom stereocenters. The van der Waals surface area contributed by atoms with Crippen molar-refractivity contribution >= 4 is 12.0 Å². The Labute approximate surface area is 77.8 Å². The molecule has 0 rings (SSSR count). The molecule has 0 N–H and O–H groups in total. The molecule has 4 nitrogen and oxygen atoms in total. The van der Waals surface area contributed by atoms with Crippen LogP contribution in [0.4, 0.5) is 0 Å². The topological polar surface area (TPSA) is 62.7 Å². The van der Waals surface area contributed by atoms with Crippen LogP contribution in [0.1, 0.15) is 19.8 Å². The molecule has 0 amide bonds. The second-order valence-corrected chi connectivity index (χ2v) is 2.68. The van der Waals surface area contributed by atoms with E-state index in [-0.39, 0.29) is 11.9 Å². The molecule has 0 aromatic heterocycles. The van der Waals surface area contributed by atoms with Crippen molar-refractivity contribution in [1.82, 2.24) is 0 Å². The Kier molecular flexibility index (Phi) is 6.69. The summed E-state index contributed by atoms with van der Waals surface area (Å²) in [6.45, 7) is 5.88. The fourth-order valence-electron chi connectivity index (χ4n) is 0.790. The molecule has 0 aliphatic rings. The van der Waals surface area contributed by atoms with Gasteiger partial charge in [-0.25, -0.2) is 0 Å². The van der Waals surface area contributed by atoms with Crippen molar-refractivity contribution in [3.05, 3.63) is 18.2 Å². The van der Waals surface area contributed by atoms with Crippen LogP contribution in [0.2, 0.25) is 0 Å². The number of rotatable bonds is 7. The molecule has 0 heterocycles. The van der Waals surface area contributed by atoms with Gasteiger partial charge in [0, 0.05) is 6.42 Å². The molecule has 0 saturated carbocycles. The fourth-order valence-corrected chi connectivity index (χ4v) is 0.790. The maximum absolute atomic E-state index is 10.8. The molecular weight excluding hydrogens is 168 g/mol. The highest BCUT2D eigenvalue weighted by Gasteiger charge is 2.06. The smallest absolute Gasteiger partial charge is 0.323 e. The van der Waals surface area contributed by atoms with Gasteiger partial charge in [-0.2, -0.15) is 4.79 Å². The molecule has 0 aliphatic heterocycles. The third-order valence-electron chi connectivity index (χ3n) is 1.50. The number of hydrogen-bond acceptors (Lipinski definition) is 2. The Balaban J connectivity index is 3.56. The predicted octanol–water partition coefficient (Wildman–Crippen LogP) is 1.23. The van der Waals surface area contributed by atoms with Crippen molar-refractivity contribution in [2.75, 3.05) is 6.61 Å². The highest BCUT2D eigenvalue weighted by Crippen LogP contribution is 2.01. The van der Waals surface area contributed by atoms with Crippen molar-refractivity contribution in [3.63, 3.8) is 0 Å². The van der Waals surface area contributed by atoms with Crippen molar-refractivity contribution < 1.29 is 14.3 Å². The van der Waals surface area contributed by atoms with E-state index < -0.39 is 0 Å². The summed E-state index contributed by atoms with van der Waals surface area (Å²) in [6.07, 6.45) is 3.54. The van der Waals surface area contributed by atoms with Gasteiger partial charge in [-0.05, 0) is 13.3 Å². The highest BCUT2D eigenvalue weighted by atomic mass is 16.5. The average molecular weight is 182 g/mol. The largest absolute Gasteiger partial charge is 0.374 e. The monoisotopic (exact) mass is 182 g/mol.